The van der Waals surface area contributed by atoms with E-state index in [1.54, 1.807) is 0 Å². The highest BCUT2D eigenvalue weighted by molar-refractivity contribution is 5.91. The lowest BCUT2D eigenvalue weighted by Crippen LogP contribution is -2.52. The maximum Gasteiger partial charge on any atom is 0.432 e. The monoisotopic (exact) mass is 276 g/mol. The number of ether oxygens (including phenoxy) is 2. The fraction of sp³-hybridized carbons (Fsp3) is 0.333. The van der Waals surface area contributed by atoms with E-state index in [0.29, 0.717) is 0 Å². The molecular formula is C12H11F3O4. The van der Waals surface area contributed by atoms with Crippen molar-refractivity contribution in [3.63, 3.8) is 0 Å². The predicted octanol–water partition coefficient (Wildman–Crippen LogP) is 2.18. The molecule has 19 heavy (non-hydrogen) atoms. The van der Waals surface area contributed by atoms with Crippen LogP contribution in [0.15, 0.2) is 30.3 Å². The third kappa shape index (κ3) is 2.76. The summed E-state index contributed by atoms with van der Waals surface area (Å²) in [6.07, 6.45) is -5.07. The summed E-state index contributed by atoms with van der Waals surface area (Å²) in [5.74, 6) is -2.96. The van der Waals surface area contributed by atoms with Gasteiger partial charge in [-0.2, -0.15) is 13.2 Å². The van der Waals surface area contributed by atoms with E-state index >= 15 is 0 Å². The fourth-order valence-corrected chi connectivity index (χ4v) is 1.59. The van der Waals surface area contributed by atoms with Gasteiger partial charge in [0.25, 0.3) is 5.60 Å². The Kier molecular flexibility index (Phi) is 4.31. The molecule has 0 saturated carbocycles. The minimum atomic E-state index is -5.07. The summed E-state index contributed by atoms with van der Waals surface area (Å²) >= 11 is 0. The van der Waals surface area contributed by atoms with E-state index in [1.165, 1.54) is 18.2 Å². The average molecular weight is 276 g/mol. The molecule has 0 heterocycles. The number of esters is 2. The Morgan fingerprint density at radius 2 is 1.63 bits per heavy atom. The molecule has 7 heteroatoms. The SMILES string of the molecule is COC(C(=O)OC(C)=O)(c1ccccc1)C(F)(F)F. The van der Waals surface area contributed by atoms with E-state index < -0.39 is 29.3 Å². The molecule has 0 aromatic heterocycles. The Balaban J connectivity index is 3.40. The molecule has 0 spiro atoms. The van der Waals surface area contributed by atoms with Crippen molar-refractivity contribution < 1.29 is 32.2 Å². The molecule has 0 saturated heterocycles. The van der Waals surface area contributed by atoms with Crippen LogP contribution in [0.2, 0.25) is 0 Å². The van der Waals surface area contributed by atoms with Gasteiger partial charge in [-0.15, -0.1) is 0 Å². The van der Waals surface area contributed by atoms with Crippen molar-refractivity contribution >= 4 is 11.9 Å². The summed E-state index contributed by atoms with van der Waals surface area (Å²) in [6, 6.07) is 6.25. The first-order valence-corrected chi connectivity index (χ1v) is 5.16. The Bertz CT molecular complexity index is 470. The van der Waals surface area contributed by atoms with Gasteiger partial charge in [0.2, 0.25) is 0 Å². The summed E-state index contributed by atoms with van der Waals surface area (Å²) in [6.45, 7) is 0.833. The van der Waals surface area contributed by atoms with E-state index in [9.17, 15) is 22.8 Å². The molecular weight excluding hydrogens is 265 g/mol. The Hall–Kier alpha value is -1.89. The Morgan fingerprint density at radius 3 is 2.00 bits per heavy atom. The van der Waals surface area contributed by atoms with Crippen LogP contribution in [0.3, 0.4) is 0 Å². The van der Waals surface area contributed by atoms with Crippen molar-refractivity contribution in [1.29, 1.82) is 0 Å². The molecule has 0 aliphatic rings. The van der Waals surface area contributed by atoms with Gasteiger partial charge >= 0.3 is 18.1 Å². The number of halogens is 3. The van der Waals surface area contributed by atoms with Gasteiger partial charge in [0.15, 0.2) is 0 Å². The molecule has 1 atom stereocenters. The second kappa shape index (κ2) is 5.40. The molecule has 0 fully saturated rings. The molecule has 0 radical (unpaired) electrons. The van der Waals surface area contributed by atoms with E-state index in [2.05, 4.69) is 9.47 Å². The fourth-order valence-electron chi connectivity index (χ4n) is 1.59. The second-order valence-electron chi connectivity index (χ2n) is 3.63. The van der Waals surface area contributed by atoms with Crippen LogP contribution in [-0.2, 0) is 24.7 Å². The molecule has 1 rings (SSSR count). The van der Waals surface area contributed by atoms with Crippen molar-refractivity contribution in [3.8, 4) is 0 Å². The molecule has 4 nitrogen and oxygen atoms in total. The van der Waals surface area contributed by atoms with Crippen molar-refractivity contribution in [2.24, 2.45) is 0 Å². The van der Waals surface area contributed by atoms with Crippen LogP contribution in [0.4, 0.5) is 13.2 Å². The summed E-state index contributed by atoms with van der Waals surface area (Å²) in [5, 5.41) is 0. The summed E-state index contributed by atoms with van der Waals surface area (Å²) in [7, 11) is 0.724. The van der Waals surface area contributed by atoms with Crippen molar-refractivity contribution in [1.82, 2.24) is 0 Å². The number of benzene rings is 1. The zero-order valence-corrected chi connectivity index (χ0v) is 10.2. The van der Waals surface area contributed by atoms with Gasteiger partial charge in [-0.05, 0) is 0 Å². The van der Waals surface area contributed by atoms with Crippen LogP contribution in [0, 0.1) is 0 Å². The van der Waals surface area contributed by atoms with Crippen LogP contribution >= 0.6 is 0 Å². The lowest BCUT2D eigenvalue weighted by molar-refractivity contribution is -0.274. The van der Waals surface area contributed by atoms with Gasteiger partial charge in [0.1, 0.15) is 0 Å². The molecule has 1 aromatic rings. The van der Waals surface area contributed by atoms with Crippen molar-refractivity contribution in [2.45, 2.75) is 18.7 Å². The van der Waals surface area contributed by atoms with Crippen molar-refractivity contribution in [3.05, 3.63) is 35.9 Å². The first-order valence-electron chi connectivity index (χ1n) is 5.16. The van der Waals surface area contributed by atoms with Crippen LogP contribution in [0.25, 0.3) is 0 Å². The molecule has 0 aliphatic heterocycles. The predicted molar refractivity (Wildman–Crippen MR) is 58.0 cm³/mol. The van der Waals surface area contributed by atoms with Gasteiger partial charge < -0.3 is 9.47 Å². The number of carbonyl (C=O) groups is 2. The number of carbonyl (C=O) groups excluding carboxylic acids is 2. The normalized spacial score (nSPS) is 14.6. The molecule has 0 amide bonds. The topological polar surface area (TPSA) is 52.6 Å². The minimum Gasteiger partial charge on any atom is -0.391 e. The maximum atomic E-state index is 13.2. The third-order valence-electron chi connectivity index (χ3n) is 2.41. The van der Waals surface area contributed by atoms with Crippen LogP contribution in [-0.4, -0.2) is 25.2 Å². The molecule has 0 N–H and O–H groups in total. The largest absolute Gasteiger partial charge is 0.432 e. The van der Waals surface area contributed by atoms with Gasteiger partial charge in [-0.3, -0.25) is 4.79 Å². The highest BCUT2D eigenvalue weighted by atomic mass is 19.4. The number of alkyl halides is 3. The molecule has 104 valence electrons. The number of hydrogen-bond donors (Lipinski definition) is 0. The van der Waals surface area contributed by atoms with Gasteiger partial charge in [0.05, 0.1) is 0 Å². The highest BCUT2D eigenvalue weighted by Crippen LogP contribution is 2.42. The summed E-state index contributed by atoms with van der Waals surface area (Å²) in [4.78, 5) is 22.4. The van der Waals surface area contributed by atoms with Crippen LogP contribution in [0.5, 0.6) is 0 Å². The quantitative estimate of drug-likeness (QED) is 0.627. The molecule has 1 unspecified atom stereocenters. The number of hydrogen-bond acceptors (Lipinski definition) is 4. The summed E-state index contributed by atoms with van der Waals surface area (Å²) < 4.78 is 48.1. The molecule has 0 aliphatic carbocycles. The zero-order chi connectivity index (χ0) is 14.7. The average Bonchev–Trinajstić information content (AvgIpc) is 2.29. The highest BCUT2D eigenvalue weighted by Gasteiger charge is 2.64. The van der Waals surface area contributed by atoms with Crippen LogP contribution < -0.4 is 0 Å². The lowest BCUT2D eigenvalue weighted by Gasteiger charge is -2.31. The van der Waals surface area contributed by atoms with E-state index in [1.807, 2.05) is 0 Å². The third-order valence-corrected chi connectivity index (χ3v) is 2.41. The zero-order valence-electron chi connectivity index (χ0n) is 10.2. The van der Waals surface area contributed by atoms with E-state index in [-0.39, 0.29) is 0 Å². The lowest BCUT2D eigenvalue weighted by atomic mass is 9.93. The number of rotatable bonds is 3. The Morgan fingerprint density at radius 1 is 1.11 bits per heavy atom. The minimum absolute atomic E-state index is 0.462. The molecule has 0 bridgehead atoms. The van der Waals surface area contributed by atoms with Crippen molar-refractivity contribution in [2.75, 3.05) is 7.11 Å². The molecule has 1 aromatic carbocycles. The standard InChI is InChI=1S/C12H11F3O4/c1-8(16)19-10(17)11(18-2,12(13,14)15)9-6-4-3-5-7-9/h3-7H,1-2H3. The smallest absolute Gasteiger partial charge is 0.391 e. The maximum absolute atomic E-state index is 13.2. The first kappa shape index (κ1) is 15.2. The van der Waals surface area contributed by atoms with Crippen LogP contribution in [0.1, 0.15) is 12.5 Å². The van der Waals surface area contributed by atoms with Gasteiger partial charge in [-0.25, -0.2) is 4.79 Å². The van der Waals surface area contributed by atoms with Gasteiger partial charge in [-0.1, -0.05) is 30.3 Å². The number of methoxy groups -OCH3 is 1. The van der Waals surface area contributed by atoms with E-state index in [4.69, 9.17) is 0 Å². The Labute approximate surface area is 107 Å². The summed E-state index contributed by atoms with van der Waals surface area (Å²) in [5.41, 5.74) is -3.78. The van der Waals surface area contributed by atoms with Gasteiger partial charge in [0, 0.05) is 19.6 Å². The second-order valence-corrected chi connectivity index (χ2v) is 3.63. The van der Waals surface area contributed by atoms with E-state index in [0.717, 1.165) is 26.2 Å². The first-order chi connectivity index (χ1) is 8.75.